The van der Waals surface area contributed by atoms with E-state index < -0.39 is 5.92 Å². The van der Waals surface area contributed by atoms with E-state index in [2.05, 4.69) is 5.16 Å². The van der Waals surface area contributed by atoms with Gasteiger partial charge in [0, 0.05) is 15.6 Å². The van der Waals surface area contributed by atoms with Gasteiger partial charge in [0.15, 0.2) is 0 Å². The molecule has 0 fully saturated rings. The molecule has 3 nitrogen and oxygen atoms in total. The molecule has 5 heteroatoms. The second-order valence-electron chi connectivity index (χ2n) is 4.76. The zero-order valence-electron chi connectivity index (χ0n) is 12.0. The van der Waals surface area contributed by atoms with Crippen LogP contribution in [0.4, 0.5) is 0 Å². The van der Waals surface area contributed by atoms with Gasteiger partial charge >= 0.3 is 0 Å². The van der Waals surface area contributed by atoms with E-state index in [-0.39, 0.29) is 12.4 Å². The van der Waals surface area contributed by atoms with E-state index >= 15 is 0 Å². The van der Waals surface area contributed by atoms with Crippen LogP contribution in [0.1, 0.15) is 24.0 Å². The first-order valence-corrected chi connectivity index (χ1v) is 7.48. The molecule has 22 heavy (non-hydrogen) atoms. The Balaban J connectivity index is 1.99. The van der Waals surface area contributed by atoms with Crippen LogP contribution in [-0.4, -0.2) is 12.0 Å². The average molecular weight is 336 g/mol. The average Bonchev–Trinajstić information content (AvgIpc) is 2.49. The van der Waals surface area contributed by atoms with Gasteiger partial charge in [-0.3, -0.25) is 4.79 Å². The summed E-state index contributed by atoms with van der Waals surface area (Å²) >= 11 is 11.9. The van der Waals surface area contributed by atoms with Crippen LogP contribution in [0, 0.1) is 0 Å². The number of ketones is 1. The smallest absolute Gasteiger partial charge is 0.143 e. The molecule has 0 saturated carbocycles. The molecule has 0 saturated heterocycles. The molecule has 2 rings (SSSR count). The number of carbonyl (C=O) groups excluding carboxylic acids is 1. The van der Waals surface area contributed by atoms with Crippen molar-refractivity contribution in [1.29, 1.82) is 0 Å². The third-order valence-electron chi connectivity index (χ3n) is 3.12. The molecule has 1 atom stereocenters. The van der Waals surface area contributed by atoms with Crippen LogP contribution in [0.25, 0.3) is 0 Å². The number of halogens is 2. The van der Waals surface area contributed by atoms with Crippen molar-refractivity contribution in [3.63, 3.8) is 0 Å². The lowest BCUT2D eigenvalue weighted by Gasteiger charge is -2.08. The Morgan fingerprint density at radius 3 is 2.59 bits per heavy atom. The van der Waals surface area contributed by atoms with Crippen LogP contribution in [-0.2, 0) is 16.2 Å². The lowest BCUT2D eigenvalue weighted by atomic mass is 9.97. The van der Waals surface area contributed by atoms with Gasteiger partial charge in [-0.25, -0.2) is 0 Å². The van der Waals surface area contributed by atoms with Crippen LogP contribution in [0.5, 0.6) is 0 Å². The van der Waals surface area contributed by atoms with Crippen molar-refractivity contribution < 1.29 is 9.63 Å². The first-order valence-electron chi connectivity index (χ1n) is 6.72. The molecular formula is C17H15Cl2NO2. The predicted molar refractivity (Wildman–Crippen MR) is 89.6 cm³/mol. The predicted octanol–water partition coefficient (Wildman–Crippen LogP) is 4.87. The standard InChI is InChI=1S/C17H15Cl2NO2/c1-12(21)16(13-5-3-2-4-6-13)10-20-22-11-14-7-8-15(18)9-17(14)19/h2-10,16H,11H2,1H3. The summed E-state index contributed by atoms with van der Waals surface area (Å²) < 4.78 is 0. The van der Waals surface area contributed by atoms with Gasteiger partial charge in [-0.15, -0.1) is 0 Å². The lowest BCUT2D eigenvalue weighted by molar-refractivity contribution is -0.117. The molecule has 0 aliphatic carbocycles. The molecule has 0 radical (unpaired) electrons. The van der Waals surface area contributed by atoms with Gasteiger partial charge in [0.05, 0.1) is 12.1 Å². The van der Waals surface area contributed by atoms with Crippen molar-refractivity contribution in [1.82, 2.24) is 0 Å². The minimum absolute atomic E-state index is 0.00285. The molecule has 0 aliphatic rings. The van der Waals surface area contributed by atoms with E-state index in [1.807, 2.05) is 30.3 Å². The minimum atomic E-state index is -0.415. The Bertz CT molecular complexity index is 672. The highest BCUT2D eigenvalue weighted by atomic mass is 35.5. The zero-order chi connectivity index (χ0) is 15.9. The number of oxime groups is 1. The monoisotopic (exact) mass is 335 g/mol. The molecular weight excluding hydrogens is 321 g/mol. The van der Waals surface area contributed by atoms with E-state index in [9.17, 15) is 4.79 Å². The van der Waals surface area contributed by atoms with E-state index in [4.69, 9.17) is 28.0 Å². The highest BCUT2D eigenvalue weighted by molar-refractivity contribution is 6.35. The lowest BCUT2D eigenvalue weighted by Crippen LogP contribution is -2.10. The number of benzene rings is 2. The van der Waals surface area contributed by atoms with E-state index in [1.165, 1.54) is 13.1 Å². The first kappa shape index (κ1) is 16.5. The molecule has 0 N–H and O–H groups in total. The Labute approximate surface area is 139 Å². The van der Waals surface area contributed by atoms with Crippen LogP contribution in [0.15, 0.2) is 53.7 Å². The SMILES string of the molecule is CC(=O)C(C=NOCc1ccc(Cl)cc1Cl)c1ccccc1. The molecule has 1 unspecified atom stereocenters. The van der Waals surface area contributed by atoms with Crippen molar-refractivity contribution in [3.8, 4) is 0 Å². The van der Waals surface area contributed by atoms with Crippen LogP contribution < -0.4 is 0 Å². The zero-order valence-corrected chi connectivity index (χ0v) is 13.5. The van der Waals surface area contributed by atoms with Crippen LogP contribution >= 0.6 is 23.2 Å². The van der Waals surface area contributed by atoms with Crippen molar-refractivity contribution in [3.05, 3.63) is 69.7 Å². The fourth-order valence-corrected chi connectivity index (χ4v) is 2.40. The fraction of sp³-hybridized carbons (Fsp3) is 0.176. The van der Waals surface area contributed by atoms with Gasteiger partial charge in [0.25, 0.3) is 0 Å². The maximum absolute atomic E-state index is 11.7. The fourth-order valence-electron chi connectivity index (χ4n) is 1.94. The number of hydrogen-bond donors (Lipinski definition) is 0. The Morgan fingerprint density at radius 2 is 1.95 bits per heavy atom. The maximum Gasteiger partial charge on any atom is 0.143 e. The molecule has 0 amide bonds. The summed E-state index contributed by atoms with van der Waals surface area (Å²) in [6, 6.07) is 14.6. The maximum atomic E-state index is 11.7. The molecule has 0 aromatic heterocycles. The van der Waals surface area contributed by atoms with Gasteiger partial charge < -0.3 is 4.84 Å². The molecule has 114 valence electrons. The second kappa shape index (κ2) is 7.97. The minimum Gasteiger partial charge on any atom is -0.391 e. The Kier molecular flexibility index (Phi) is 5.99. The highest BCUT2D eigenvalue weighted by Crippen LogP contribution is 2.21. The third kappa shape index (κ3) is 4.58. The molecule has 0 spiro atoms. The Hall–Kier alpha value is -1.84. The van der Waals surface area contributed by atoms with Crippen molar-refractivity contribution in [2.24, 2.45) is 5.16 Å². The van der Waals surface area contributed by atoms with Gasteiger partial charge in [0.1, 0.15) is 12.4 Å². The molecule has 0 heterocycles. The topological polar surface area (TPSA) is 38.7 Å². The van der Waals surface area contributed by atoms with E-state index in [0.29, 0.717) is 10.0 Å². The first-order chi connectivity index (χ1) is 10.6. The van der Waals surface area contributed by atoms with Crippen molar-refractivity contribution >= 4 is 35.2 Å². The summed E-state index contributed by atoms with van der Waals surface area (Å²) in [4.78, 5) is 16.9. The quantitative estimate of drug-likeness (QED) is 0.558. The summed E-state index contributed by atoms with van der Waals surface area (Å²) in [7, 11) is 0. The summed E-state index contributed by atoms with van der Waals surface area (Å²) in [6.45, 7) is 1.74. The van der Waals surface area contributed by atoms with Gasteiger partial charge in [0.2, 0.25) is 0 Å². The molecule has 0 bridgehead atoms. The normalized spacial score (nSPS) is 12.3. The Morgan fingerprint density at radius 1 is 1.23 bits per heavy atom. The highest BCUT2D eigenvalue weighted by Gasteiger charge is 2.14. The summed E-state index contributed by atoms with van der Waals surface area (Å²) in [5, 5.41) is 4.98. The number of nitrogens with zero attached hydrogens (tertiary/aromatic N) is 1. The number of carbonyl (C=O) groups is 1. The summed E-state index contributed by atoms with van der Waals surface area (Å²) in [5.41, 5.74) is 1.66. The molecule has 0 aliphatic heterocycles. The second-order valence-corrected chi connectivity index (χ2v) is 5.61. The van der Waals surface area contributed by atoms with Crippen LogP contribution in [0.3, 0.4) is 0 Å². The number of rotatable bonds is 6. The summed E-state index contributed by atoms with van der Waals surface area (Å²) in [6.07, 6.45) is 1.50. The van der Waals surface area contributed by atoms with Gasteiger partial charge in [-0.2, -0.15) is 0 Å². The summed E-state index contributed by atoms with van der Waals surface area (Å²) in [5.74, 6) is -0.412. The van der Waals surface area contributed by atoms with Crippen molar-refractivity contribution in [2.45, 2.75) is 19.4 Å². The van der Waals surface area contributed by atoms with Crippen molar-refractivity contribution in [2.75, 3.05) is 0 Å². The van der Waals surface area contributed by atoms with E-state index in [1.54, 1.807) is 18.2 Å². The van der Waals surface area contributed by atoms with Crippen LogP contribution in [0.2, 0.25) is 10.0 Å². The van der Waals surface area contributed by atoms with E-state index in [0.717, 1.165) is 11.1 Å². The largest absolute Gasteiger partial charge is 0.391 e. The van der Waals surface area contributed by atoms with Gasteiger partial charge in [-0.1, -0.05) is 64.8 Å². The number of Topliss-reactive ketones (excluding diaryl/α,β-unsaturated/α-hetero) is 1. The number of hydrogen-bond acceptors (Lipinski definition) is 3. The van der Waals surface area contributed by atoms with Gasteiger partial charge in [-0.05, 0) is 24.6 Å². The molecule has 2 aromatic carbocycles. The third-order valence-corrected chi connectivity index (χ3v) is 3.70. The molecule has 2 aromatic rings.